The number of nitrogens with zero attached hydrogens (tertiary/aromatic N) is 4. The zero-order chi connectivity index (χ0) is 106. The van der Waals surface area contributed by atoms with E-state index in [2.05, 4.69) is 104 Å². The molecular weight excluding hydrogens is 1920 g/mol. The molecule has 25 nitrogen and oxygen atoms in total. The minimum absolute atomic E-state index is 0.0351. The number of anilines is 1. The molecule has 810 valence electrons. The van der Waals surface area contributed by atoms with E-state index in [1.165, 1.54) is 22.7 Å². The van der Waals surface area contributed by atoms with Crippen molar-refractivity contribution in [3.8, 4) is 97.0 Å². The number of carbonyl (C=O) groups is 4. The van der Waals surface area contributed by atoms with Crippen LogP contribution in [-0.2, 0) is 23.7 Å². The third kappa shape index (κ3) is 38.2. The first kappa shape index (κ1) is 119. The van der Waals surface area contributed by atoms with Crippen molar-refractivity contribution < 1.29 is 99.7 Å². The van der Waals surface area contributed by atoms with Crippen molar-refractivity contribution in [1.29, 1.82) is 15.8 Å². The van der Waals surface area contributed by atoms with E-state index in [9.17, 15) is 15.8 Å². The van der Waals surface area contributed by atoms with E-state index in [-0.39, 0.29) is 88.6 Å². The van der Waals surface area contributed by atoms with Gasteiger partial charge in [0.2, 0.25) is 0 Å². The van der Waals surface area contributed by atoms with Crippen LogP contribution in [0, 0.1) is 44.8 Å². The molecule has 5 aromatic carbocycles. The number of nitriles is 3. The van der Waals surface area contributed by atoms with Gasteiger partial charge in [0.05, 0.1) is 94.6 Å². The number of hydrogen-bond acceptors (Lipinski definition) is 27. The number of ether oxygens (including phenoxy) is 17. The molecule has 0 fully saturated rings. The Morgan fingerprint density at radius 2 is 0.597 bits per heavy atom. The Bertz CT molecular complexity index is 5230. The largest absolute Gasteiger partial charge is 0.493 e. The quantitative estimate of drug-likeness (QED) is 0.0148. The lowest BCUT2D eigenvalue weighted by molar-refractivity contribution is -0.0365. The highest BCUT2D eigenvalue weighted by Crippen LogP contribution is 2.60. The van der Waals surface area contributed by atoms with Crippen molar-refractivity contribution in [3.05, 3.63) is 163 Å². The van der Waals surface area contributed by atoms with Crippen molar-refractivity contribution in [2.45, 2.75) is 320 Å². The van der Waals surface area contributed by atoms with Gasteiger partial charge in [0.1, 0.15) is 139 Å². The van der Waals surface area contributed by atoms with E-state index in [0.717, 1.165) is 255 Å². The minimum atomic E-state index is -1.55. The summed E-state index contributed by atoms with van der Waals surface area (Å²) in [5.41, 5.74) is -1.81. The third-order valence-corrected chi connectivity index (χ3v) is 28.7. The number of esters is 4. The van der Waals surface area contributed by atoms with Gasteiger partial charge in [-0.3, -0.25) is 0 Å². The molecule has 3 aliphatic heterocycles. The fourth-order valence-corrected chi connectivity index (χ4v) is 19.7. The lowest BCUT2D eigenvalue weighted by Gasteiger charge is -2.30. The fourth-order valence-electron chi connectivity index (χ4n) is 17.4. The minimum Gasteiger partial charge on any atom is -0.493 e. The second kappa shape index (κ2) is 65.2. The van der Waals surface area contributed by atoms with E-state index in [0.29, 0.717) is 124 Å². The van der Waals surface area contributed by atoms with Gasteiger partial charge in [0.15, 0.2) is 34.3 Å². The first-order valence-corrected chi connectivity index (χ1v) is 57.1. The van der Waals surface area contributed by atoms with E-state index < -0.39 is 66.7 Å². The van der Waals surface area contributed by atoms with Crippen LogP contribution in [-0.4, -0.2) is 148 Å². The van der Waals surface area contributed by atoms with Crippen LogP contribution in [0.1, 0.15) is 371 Å². The van der Waals surface area contributed by atoms with Gasteiger partial charge in [-0.25, -0.2) is 19.2 Å². The lowest BCUT2D eigenvalue weighted by Crippen LogP contribution is -2.43. The molecule has 0 bridgehead atoms. The standard InChI is InChI=1S/C122H164N4O21S2/c1-13-23-33-41-59-131-97-67-91(68-98(75-97)132-60-42-34-24-14-2)116(127)143-86-121(87-144-117(128)92-69-99(133-61-43-35-25-15-3)76-100(70-92)134-62-44-36-26-16-4)82-139-110-107(55-51-90-49-52-96(53-50-90)126(57-31-21-9)58-32-22-10)148-114(112(110)141-84-121)115-113-111(108(149-115)56-54-106-105(81-125)109(95(79-123)80-124)147-120(106,11)12)140-83-122(85-142-113,88-145-118(129)93-71-101(135-63-45-37-27-17-5)77-102(72-93)136-64-46-38-28-18-6)89-146-119(130)94-73-103(137-65-47-39-29-19-7)78-104(74-94)138-66-48-40-30-20-8/h49-56,67-78H,13-48,57-66,82-89H2,1-12H3/b55-51+,56-54+. The average molecular weight is 2090 g/mol. The van der Waals surface area contributed by atoms with Crippen LogP contribution in [0.3, 0.4) is 0 Å². The van der Waals surface area contributed by atoms with E-state index in [1.54, 1.807) is 98.8 Å². The molecule has 0 saturated carbocycles. The van der Waals surface area contributed by atoms with Crippen LogP contribution < -0.4 is 61.7 Å². The lowest BCUT2D eigenvalue weighted by atomic mass is 9.92. The summed E-state index contributed by atoms with van der Waals surface area (Å²) in [6.45, 7) is 27.2. The molecule has 5 heterocycles. The van der Waals surface area contributed by atoms with Crippen LogP contribution in [0.5, 0.6) is 69.0 Å². The highest BCUT2D eigenvalue weighted by atomic mass is 32.1. The Morgan fingerprint density at radius 3 is 0.852 bits per heavy atom. The maximum atomic E-state index is 15.3. The van der Waals surface area contributed by atoms with Crippen LogP contribution in [0.2, 0.25) is 0 Å². The van der Waals surface area contributed by atoms with Crippen molar-refractivity contribution >= 4 is 70.5 Å². The van der Waals surface area contributed by atoms with Crippen molar-refractivity contribution in [3.63, 3.8) is 0 Å². The van der Waals surface area contributed by atoms with Crippen molar-refractivity contribution in [2.75, 3.05) is 124 Å². The molecule has 0 spiro atoms. The van der Waals surface area contributed by atoms with Crippen LogP contribution in [0.25, 0.3) is 28.0 Å². The number of thiophene rings is 2. The van der Waals surface area contributed by atoms with Crippen molar-refractivity contribution in [2.24, 2.45) is 10.8 Å². The molecule has 0 unspecified atom stereocenters. The second-order valence-corrected chi connectivity index (χ2v) is 41.9. The number of allylic oxidation sites excluding steroid dienone is 2. The van der Waals surface area contributed by atoms with Gasteiger partial charge < -0.3 is 85.4 Å². The van der Waals surface area contributed by atoms with Gasteiger partial charge in [-0.2, -0.15) is 15.8 Å². The molecule has 0 saturated heterocycles. The highest BCUT2D eigenvalue weighted by molar-refractivity contribution is 7.24. The summed E-state index contributed by atoms with van der Waals surface area (Å²) in [5.74, 6) is 1.26. The number of unbranched alkanes of at least 4 members (excludes halogenated alkanes) is 26. The zero-order valence-corrected chi connectivity index (χ0v) is 92.5. The first-order chi connectivity index (χ1) is 72.7. The summed E-state index contributed by atoms with van der Waals surface area (Å²) in [6, 6.07) is 34.9. The monoisotopic (exact) mass is 2090 g/mol. The van der Waals surface area contributed by atoms with Crippen LogP contribution in [0.4, 0.5) is 5.69 Å². The number of rotatable bonds is 72. The summed E-state index contributed by atoms with van der Waals surface area (Å²) in [4.78, 5) is 65.7. The Balaban J connectivity index is 1.15. The summed E-state index contributed by atoms with van der Waals surface area (Å²) in [7, 11) is 0. The van der Waals surface area contributed by atoms with Gasteiger partial charge in [-0.1, -0.05) is 260 Å². The SMILES string of the molecule is CCCCCCOc1cc(OCCCCCC)cc(C(=O)OCC2(COC(=O)c3cc(OCCCCCC)cc(OCCCCCC)c3)COc3c(/C=C/C4=C(C#N)C(=C(C#N)C#N)OC4(C)C)sc(-c4sc(/C=C/c5ccc(N(CCCC)CCCC)cc5)c5c4OCC(COC(=O)c4cc(OCCCCCC)cc(OCCCCCC)c4)(COC(=O)c4cc(OCCCCCC)cc(OCCCCCC)c4)CO5)c3OC2)c1. The molecule has 0 N–H and O–H groups in total. The smallest absolute Gasteiger partial charge is 0.338 e. The highest BCUT2D eigenvalue weighted by Gasteiger charge is 2.46. The molecule has 3 aliphatic rings. The molecule has 0 atom stereocenters. The topological polar surface area (TPSA) is 300 Å². The van der Waals surface area contributed by atoms with Crippen molar-refractivity contribution in [1.82, 2.24) is 0 Å². The normalized spacial score (nSPS) is 13.7. The summed E-state index contributed by atoms with van der Waals surface area (Å²) >= 11 is 2.58. The third-order valence-electron chi connectivity index (χ3n) is 26.3. The summed E-state index contributed by atoms with van der Waals surface area (Å²) in [6.07, 6.45) is 42.5. The summed E-state index contributed by atoms with van der Waals surface area (Å²) in [5, 5.41) is 31.7. The van der Waals surface area contributed by atoms with E-state index >= 15 is 19.2 Å². The Labute approximate surface area is 894 Å². The number of benzene rings is 5. The number of hydrogen-bond donors (Lipinski definition) is 0. The van der Waals surface area contributed by atoms with E-state index in [4.69, 9.17) is 80.5 Å². The molecule has 0 aliphatic carbocycles. The first-order valence-electron chi connectivity index (χ1n) is 55.4. The second-order valence-electron chi connectivity index (χ2n) is 39.8. The van der Waals surface area contributed by atoms with Gasteiger partial charge >= 0.3 is 23.9 Å². The maximum Gasteiger partial charge on any atom is 0.338 e. The van der Waals surface area contributed by atoms with Gasteiger partial charge in [0.25, 0.3) is 0 Å². The molecule has 0 radical (unpaired) electrons. The molecule has 7 aromatic rings. The molecule has 27 heteroatoms. The number of fused-ring (bicyclic) bond motifs is 2. The van der Waals surface area contributed by atoms with Gasteiger partial charge in [-0.05, 0) is 156 Å². The Hall–Kier alpha value is -12.0. The van der Waals surface area contributed by atoms with Crippen LogP contribution >= 0.6 is 22.7 Å². The molecule has 10 rings (SSSR count). The van der Waals surface area contributed by atoms with Gasteiger partial charge in [0, 0.05) is 48.6 Å². The molecule has 149 heavy (non-hydrogen) atoms. The zero-order valence-electron chi connectivity index (χ0n) is 90.9. The van der Waals surface area contributed by atoms with E-state index in [1.807, 2.05) is 24.3 Å². The predicted octanol–water partition coefficient (Wildman–Crippen LogP) is 30.6. The fraction of sp³-hybridized carbons (Fsp3) is 0.566. The Kier molecular flexibility index (Phi) is 52.0. The number of carbonyl (C=O) groups excluding carboxylic acids is 4. The Morgan fingerprint density at radius 1 is 0.336 bits per heavy atom. The molecule has 0 amide bonds. The summed E-state index contributed by atoms with van der Waals surface area (Å²) < 4.78 is 113. The molecular formula is C122H164N4O21S2. The predicted molar refractivity (Wildman–Crippen MR) is 591 cm³/mol. The average Bonchev–Trinajstić information content (AvgIpc) is 1.59. The molecule has 2 aromatic heterocycles. The van der Waals surface area contributed by atoms with Gasteiger partial charge in [-0.15, -0.1) is 22.7 Å². The van der Waals surface area contributed by atoms with Crippen LogP contribution in [0.15, 0.2) is 126 Å². The maximum absolute atomic E-state index is 15.3.